The number of amides is 1. The van der Waals surface area contributed by atoms with Crippen LogP contribution < -0.4 is 10.0 Å². The molecule has 0 unspecified atom stereocenters. The lowest BCUT2D eigenvalue weighted by atomic mass is 10.1. The van der Waals surface area contributed by atoms with E-state index in [1.165, 1.54) is 0 Å². The number of rotatable bonds is 10. The third-order valence-electron chi connectivity index (χ3n) is 4.24. The zero-order chi connectivity index (χ0) is 22.3. The molecule has 0 aliphatic carbocycles. The van der Waals surface area contributed by atoms with Crippen LogP contribution in [0, 0.1) is 0 Å². The molecule has 31 heavy (non-hydrogen) atoms. The standard InChI is InChI=1S/C22H25N3O3S3/c1-16(2)25-31(27,28)14-18-9-7-17(8-10-18)11-23-22(26)20-5-3-4-6-21(20)30-13-19-12-29-15-24-19/h3-10,12,15-16,25H,11,13-14H2,1-2H3,(H,23,26). The molecule has 1 heterocycles. The van der Waals surface area contributed by atoms with Crippen molar-refractivity contribution in [1.29, 1.82) is 0 Å². The Balaban J connectivity index is 1.57. The Labute approximate surface area is 191 Å². The Kier molecular flexibility index (Phi) is 8.25. The van der Waals surface area contributed by atoms with Gasteiger partial charge in [0.05, 0.1) is 22.5 Å². The maximum atomic E-state index is 12.7. The summed E-state index contributed by atoms with van der Waals surface area (Å²) in [4.78, 5) is 17.9. The van der Waals surface area contributed by atoms with Gasteiger partial charge < -0.3 is 5.32 Å². The summed E-state index contributed by atoms with van der Waals surface area (Å²) in [7, 11) is -3.36. The number of thiazole rings is 1. The van der Waals surface area contributed by atoms with Crippen LogP contribution in [0.3, 0.4) is 0 Å². The van der Waals surface area contributed by atoms with Gasteiger partial charge in [-0.15, -0.1) is 23.1 Å². The molecule has 2 aromatic carbocycles. The molecule has 0 aliphatic rings. The van der Waals surface area contributed by atoms with Gasteiger partial charge in [-0.25, -0.2) is 18.1 Å². The predicted molar refractivity (Wildman–Crippen MR) is 127 cm³/mol. The van der Waals surface area contributed by atoms with E-state index >= 15 is 0 Å². The quantitative estimate of drug-likeness (QED) is 0.429. The van der Waals surface area contributed by atoms with Gasteiger partial charge >= 0.3 is 0 Å². The van der Waals surface area contributed by atoms with Gasteiger partial charge in [0, 0.05) is 28.6 Å². The molecule has 0 saturated carbocycles. The minimum absolute atomic E-state index is 0.0681. The minimum Gasteiger partial charge on any atom is -0.348 e. The smallest absolute Gasteiger partial charge is 0.252 e. The average molecular weight is 476 g/mol. The zero-order valence-corrected chi connectivity index (χ0v) is 19.8. The van der Waals surface area contributed by atoms with Crippen LogP contribution in [0.15, 0.2) is 64.3 Å². The number of hydrogen-bond acceptors (Lipinski definition) is 6. The summed E-state index contributed by atoms with van der Waals surface area (Å²) in [5, 5.41) is 4.95. The highest BCUT2D eigenvalue weighted by Crippen LogP contribution is 2.26. The maximum absolute atomic E-state index is 12.7. The van der Waals surface area contributed by atoms with E-state index in [0.717, 1.165) is 16.2 Å². The van der Waals surface area contributed by atoms with Crippen LogP contribution in [0.4, 0.5) is 0 Å². The summed E-state index contributed by atoms with van der Waals surface area (Å²) in [6, 6.07) is 14.6. The highest BCUT2D eigenvalue weighted by Gasteiger charge is 2.14. The van der Waals surface area contributed by atoms with Crippen molar-refractivity contribution in [1.82, 2.24) is 15.0 Å². The summed E-state index contributed by atoms with van der Waals surface area (Å²) in [6.07, 6.45) is 0. The zero-order valence-electron chi connectivity index (χ0n) is 17.4. The SMILES string of the molecule is CC(C)NS(=O)(=O)Cc1ccc(CNC(=O)c2ccccc2SCc2cscn2)cc1. The van der Waals surface area contributed by atoms with Gasteiger partial charge in [-0.1, -0.05) is 36.4 Å². The molecular formula is C22H25N3O3S3. The molecule has 0 fully saturated rings. The normalized spacial score (nSPS) is 11.6. The number of aromatic nitrogens is 1. The number of nitrogens with zero attached hydrogens (tertiary/aromatic N) is 1. The molecule has 0 bridgehead atoms. The third-order valence-corrected chi connectivity index (χ3v) is 7.52. The highest BCUT2D eigenvalue weighted by molar-refractivity contribution is 7.98. The fraction of sp³-hybridized carbons (Fsp3) is 0.273. The van der Waals surface area contributed by atoms with E-state index in [-0.39, 0.29) is 17.7 Å². The van der Waals surface area contributed by atoms with Crippen LogP contribution in [0.25, 0.3) is 0 Å². The Hall–Kier alpha value is -2.20. The van der Waals surface area contributed by atoms with Crippen LogP contribution >= 0.6 is 23.1 Å². The van der Waals surface area contributed by atoms with E-state index in [1.807, 2.05) is 41.8 Å². The van der Waals surface area contributed by atoms with Gasteiger partial charge in [-0.3, -0.25) is 4.79 Å². The number of nitrogens with one attached hydrogen (secondary N) is 2. The van der Waals surface area contributed by atoms with E-state index in [1.54, 1.807) is 54.6 Å². The van der Waals surface area contributed by atoms with Crippen molar-refractivity contribution in [3.8, 4) is 0 Å². The maximum Gasteiger partial charge on any atom is 0.252 e. The van der Waals surface area contributed by atoms with Crippen LogP contribution in [0.2, 0.25) is 0 Å². The molecule has 0 saturated heterocycles. The van der Waals surface area contributed by atoms with E-state index < -0.39 is 10.0 Å². The molecule has 1 aromatic heterocycles. The molecular weight excluding hydrogens is 450 g/mol. The molecule has 1 amide bonds. The number of carbonyl (C=O) groups excluding carboxylic acids is 1. The molecule has 3 rings (SSSR count). The Bertz CT molecular complexity index is 1100. The molecule has 0 aliphatic heterocycles. The molecule has 6 nitrogen and oxygen atoms in total. The summed E-state index contributed by atoms with van der Waals surface area (Å²) in [5.74, 6) is 0.500. The summed E-state index contributed by atoms with van der Waals surface area (Å²) in [6.45, 7) is 3.94. The Morgan fingerprint density at radius 3 is 2.48 bits per heavy atom. The van der Waals surface area contributed by atoms with E-state index in [9.17, 15) is 13.2 Å². The lowest BCUT2D eigenvalue weighted by molar-refractivity contribution is 0.0948. The van der Waals surface area contributed by atoms with Crippen molar-refractivity contribution >= 4 is 39.0 Å². The predicted octanol–water partition coefficient (Wildman–Crippen LogP) is 4.19. The van der Waals surface area contributed by atoms with Gasteiger partial charge in [0.15, 0.2) is 0 Å². The van der Waals surface area contributed by atoms with Crippen molar-refractivity contribution in [3.63, 3.8) is 0 Å². The van der Waals surface area contributed by atoms with Crippen molar-refractivity contribution < 1.29 is 13.2 Å². The minimum atomic E-state index is -3.36. The topological polar surface area (TPSA) is 88.2 Å². The molecule has 0 spiro atoms. The average Bonchev–Trinajstić information content (AvgIpc) is 3.24. The van der Waals surface area contributed by atoms with Gasteiger partial charge in [0.2, 0.25) is 10.0 Å². The lowest BCUT2D eigenvalue weighted by Gasteiger charge is -2.11. The van der Waals surface area contributed by atoms with Crippen molar-refractivity contribution in [2.45, 2.75) is 42.8 Å². The van der Waals surface area contributed by atoms with Crippen LogP contribution in [0.5, 0.6) is 0 Å². The van der Waals surface area contributed by atoms with Crippen molar-refractivity contribution in [3.05, 3.63) is 81.8 Å². The summed E-state index contributed by atoms with van der Waals surface area (Å²) in [5.41, 5.74) is 5.03. The second kappa shape index (κ2) is 10.9. The lowest BCUT2D eigenvalue weighted by Crippen LogP contribution is -2.31. The van der Waals surface area contributed by atoms with Crippen LogP contribution in [-0.4, -0.2) is 25.4 Å². The number of carbonyl (C=O) groups is 1. The number of benzene rings is 2. The largest absolute Gasteiger partial charge is 0.348 e. The van der Waals surface area contributed by atoms with Gasteiger partial charge in [0.25, 0.3) is 5.91 Å². The summed E-state index contributed by atoms with van der Waals surface area (Å²) >= 11 is 3.14. The van der Waals surface area contributed by atoms with E-state index in [0.29, 0.717) is 23.4 Å². The Morgan fingerprint density at radius 2 is 1.81 bits per heavy atom. The monoisotopic (exact) mass is 475 g/mol. The first kappa shape index (κ1) is 23.5. The van der Waals surface area contributed by atoms with Crippen molar-refractivity contribution in [2.75, 3.05) is 0 Å². The first-order valence-corrected chi connectivity index (χ1v) is 13.4. The third kappa shape index (κ3) is 7.46. The second-order valence-electron chi connectivity index (χ2n) is 7.30. The first-order valence-electron chi connectivity index (χ1n) is 9.77. The molecule has 2 N–H and O–H groups in total. The van der Waals surface area contributed by atoms with Crippen LogP contribution in [0.1, 0.15) is 41.0 Å². The fourth-order valence-corrected chi connectivity index (χ4v) is 5.94. The highest BCUT2D eigenvalue weighted by atomic mass is 32.2. The van der Waals surface area contributed by atoms with Gasteiger partial charge in [0.1, 0.15) is 0 Å². The van der Waals surface area contributed by atoms with Crippen LogP contribution in [-0.2, 0) is 28.1 Å². The van der Waals surface area contributed by atoms with Gasteiger partial charge in [-0.2, -0.15) is 0 Å². The van der Waals surface area contributed by atoms with E-state index in [4.69, 9.17) is 0 Å². The number of sulfonamides is 1. The molecule has 164 valence electrons. The fourth-order valence-electron chi connectivity index (χ4n) is 2.89. The molecule has 0 radical (unpaired) electrons. The first-order chi connectivity index (χ1) is 14.8. The number of hydrogen-bond donors (Lipinski definition) is 2. The van der Waals surface area contributed by atoms with E-state index in [2.05, 4.69) is 15.0 Å². The van der Waals surface area contributed by atoms with Gasteiger partial charge in [-0.05, 0) is 37.1 Å². The molecule has 0 atom stereocenters. The molecule has 9 heteroatoms. The number of thioether (sulfide) groups is 1. The second-order valence-corrected chi connectivity index (χ2v) is 10.8. The summed E-state index contributed by atoms with van der Waals surface area (Å²) < 4.78 is 26.7. The Morgan fingerprint density at radius 1 is 1.10 bits per heavy atom. The van der Waals surface area contributed by atoms with Crippen molar-refractivity contribution in [2.24, 2.45) is 0 Å². The molecule has 3 aromatic rings.